The third-order valence-electron chi connectivity index (χ3n) is 5.66. The summed E-state index contributed by atoms with van der Waals surface area (Å²) in [5.41, 5.74) is 2.75. The van der Waals surface area contributed by atoms with E-state index in [1.54, 1.807) is 23.0 Å². The van der Waals surface area contributed by atoms with Crippen LogP contribution in [0.3, 0.4) is 0 Å². The van der Waals surface area contributed by atoms with Gasteiger partial charge in [-0.1, -0.05) is 26.0 Å². The molecule has 1 fully saturated rings. The second kappa shape index (κ2) is 8.23. The van der Waals surface area contributed by atoms with Crippen molar-refractivity contribution in [2.75, 3.05) is 26.2 Å². The highest BCUT2D eigenvalue weighted by Crippen LogP contribution is 2.21. The Morgan fingerprint density at radius 3 is 2.43 bits per heavy atom. The van der Waals surface area contributed by atoms with Crippen molar-refractivity contribution >= 4 is 22.5 Å². The van der Waals surface area contributed by atoms with Gasteiger partial charge in [-0.25, -0.2) is 0 Å². The summed E-state index contributed by atoms with van der Waals surface area (Å²) in [4.78, 5) is 27.6. The summed E-state index contributed by atoms with van der Waals surface area (Å²) in [6.07, 6.45) is 1.72. The van der Waals surface area contributed by atoms with Crippen LogP contribution in [0, 0.1) is 10.1 Å². The van der Waals surface area contributed by atoms with Crippen LogP contribution in [0.2, 0.25) is 0 Å². The lowest BCUT2D eigenvalue weighted by atomic mass is 10.0. The quantitative estimate of drug-likeness (QED) is 0.477. The highest BCUT2D eigenvalue weighted by molar-refractivity contribution is 5.94. The van der Waals surface area contributed by atoms with E-state index in [0.717, 1.165) is 29.6 Å². The summed E-state index contributed by atoms with van der Waals surface area (Å²) >= 11 is 0. The molecular formula is C22H25N5O3. The molecule has 0 N–H and O–H groups in total. The summed E-state index contributed by atoms with van der Waals surface area (Å²) in [5.74, 6) is 0.502. The summed E-state index contributed by atoms with van der Waals surface area (Å²) in [7, 11) is 0. The number of nitrogens with zero attached hydrogens (tertiary/aromatic N) is 5. The number of nitro groups is 1. The predicted octanol–water partition coefficient (Wildman–Crippen LogP) is 3.48. The lowest BCUT2D eigenvalue weighted by molar-refractivity contribution is -0.384. The molecule has 0 aliphatic carbocycles. The molecule has 0 bridgehead atoms. The zero-order valence-electron chi connectivity index (χ0n) is 17.2. The number of rotatable bonds is 5. The second-order valence-corrected chi connectivity index (χ2v) is 7.97. The number of hydrogen-bond donors (Lipinski definition) is 0. The normalized spacial score (nSPS) is 15.1. The zero-order valence-corrected chi connectivity index (χ0v) is 17.2. The van der Waals surface area contributed by atoms with Crippen molar-refractivity contribution in [3.63, 3.8) is 0 Å². The van der Waals surface area contributed by atoms with Gasteiger partial charge in [0.15, 0.2) is 0 Å². The first-order valence-electron chi connectivity index (χ1n) is 10.1. The maximum Gasteiger partial charge on any atom is 0.271 e. The first kappa shape index (κ1) is 20.0. The molecule has 8 heteroatoms. The first-order valence-corrected chi connectivity index (χ1v) is 10.1. The number of fused-ring (bicyclic) bond motifs is 1. The minimum atomic E-state index is -0.394. The van der Waals surface area contributed by atoms with Crippen LogP contribution in [0.25, 0.3) is 10.9 Å². The molecule has 0 unspecified atom stereocenters. The van der Waals surface area contributed by atoms with Gasteiger partial charge >= 0.3 is 0 Å². The molecule has 1 aliphatic rings. The van der Waals surface area contributed by atoms with E-state index >= 15 is 0 Å². The number of aromatic nitrogens is 2. The first-order chi connectivity index (χ1) is 14.4. The summed E-state index contributed by atoms with van der Waals surface area (Å²) in [6, 6.07) is 12.6. The van der Waals surface area contributed by atoms with Crippen molar-refractivity contribution in [3.8, 4) is 0 Å². The topological polar surface area (TPSA) is 84.5 Å². The van der Waals surface area contributed by atoms with Gasteiger partial charge in [-0.15, -0.1) is 0 Å². The van der Waals surface area contributed by atoms with Crippen molar-refractivity contribution in [2.24, 2.45) is 0 Å². The second-order valence-electron chi connectivity index (χ2n) is 7.97. The van der Waals surface area contributed by atoms with Gasteiger partial charge in [0.1, 0.15) is 0 Å². The molecule has 3 aromatic rings. The molecule has 1 saturated heterocycles. The fourth-order valence-electron chi connectivity index (χ4n) is 3.76. The van der Waals surface area contributed by atoms with Crippen LogP contribution in [0.1, 0.15) is 35.7 Å². The Labute approximate surface area is 174 Å². The van der Waals surface area contributed by atoms with E-state index in [1.165, 1.54) is 11.6 Å². The molecule has 0 saturated carbocycles. The number of carbonyl (C=O) groups is 1. The Balaban J connectivity index is 1.39. The summed E-state index contributed by atoms with van der Waals surface area (Å²) in [5, 5.41) is 16.3. The maximum atomic E-state index is 12.8. The number of piperazine rings is 1. The molecule has 0 spiro atoms. The van der Waals surface area contributed by atoms with Gasteiger partial charge in [-0.3, -0.25) is 24.5 Å². The van der Waals surface area contributed by atoms with E-state index in [-0.39, 0.29) is 11.6 Å². The Morgan fingerprint density at radius 2 is 1.80 bits per heavy atom. The SMILES string of the molecule is CC(C)c1ccc(C(=O)N2CCN(Cn3ncc4ccc([N+](=O)[O-])cc43)CC2)cc1. The van der Waals surface area contributed by atoms with Crippen LogP contribution < -0.4 is 0 Å². The average molecular weight is 407 g/mol. The molecule has 4 rings (SSSR count). The third-order valence-corrected chi connectivity index (χ3v) is 5.66. The van der Waals surface area contributed by atoms with Crippen molar-refractivity contribution in [1.29, 1.82) is 0 Å². The number of benzene rings is 2. The Morgan fingerprint density at radius 1 is 1.10 bits per heavy atom. The summed E-state index contributed by atoms with van der Waals surface area (Å²) < 4.78 is 1.78. The van der Waals surface area contributed by atoms with Crippen LogP contribution in [-0.2, 0) is 6.67 Å². The molecule has 1 amide bonds. The number of non-ortho nitro benzene ring substituents is 1. The van der Waals surface area contributed by atoms with Gasteiger partial charge in [0.25, 0.3) is 11.6 Å². The van der Waals surface area contributed by atoms with Crippen molar-refractivity contribution in [3.05, 3.63) is 69.9 Å². The van der Waals surface area contributed by atoms with Gasteiger partial charge in [0.2, 0.25) is 0 Å². The Kier molecular flexibility index (Phi) is 5.50. The van der Waals surface area contributed by atoms with Crippen LogP contribution in [0.4, 0.5) is 5.69 Å². The zero-order chi connectivity index (χ0) is 21.3. The van der Waals surface area contributed by atoms with Crippen LogP contribution in [0.5, 0.6) is 0 Å². The fourth-order valence-corrected chi connectivity index (χ4v) is 3.76. The van der Waals surface area contributed by atoms with Crippen molar-refractivity contribution in [1.82, 2.24) is 19.6 Å². The molecule has 30 heavy (non-hydrogen) atoms. The van der Waals surface area contributed by atoms with Crippen LogP contribution in [0.15, 0.2) is 48.7 Å². The van der Waals surface area contributed by atoms with E-state index < -0.39 is 4.92 Å². The van der Waals surface area contributed by atoms with Gasteiger partial charge in [0, 0.05) is 49.3 Å². The molecule has 0 atom stereocenters. The van der Waals surface area contributed by atoms with Gasteiger partial charge in [0.05, 0.1) is 23.3 Å². The lowest BCUT2D eigenvalue weighted by Gasteiger charge is -2.34. The Bertz CT molecular complexity index is 1070. The minimum Gasteiger partial charge on any atom is -0.336 e. The van der Waals surface area contributed by atoms with E-state index in [4.69, 9.17) is 0 Å². The number of nitro benzene ring substituents is 1. The van der Waals surface area contributed by atoms with Crippen molar-refractivity contribution in [2.45, 2.75) is 26.4 Å². The molecular weight excluding hydrogens is 382 g/mol. The average Bonchev–Trinajstić information content (AvgIpc) is 3.16. The highest BCUT2D eigenvalue weighted by atomic mass is 16.6. The minimum absolute atomic E-state index is 0.0585. The van der Waals surface area contributed by atoms with E-state index in [0.29, 0.717) is 25.7 Å². The largest absolute Gasteiger partial charge is 0.336 e. The molecule has 1 aromatic heterocycles. The van der Waals surface area contributed by atoms with E-state index in [9.17, 15) is 14.9 Å². The molecule has 2 heterocycles. The van der Waals surface area contributed by atoms with Gasteiger partial charge in [-0.2, -0.15) is 5.10 Å². The lowest BCUT2D eigenvalue weighted by Crippen LogP contribution is -2.49. The Hall–Kier alpha value is -3.26. The third kappa shape index (κ3) is 4.04. The molecule has 2 aromatic carbocycles. The molecule has 1 aliphatic heterocycles. The standard InChI is InChI=1S/C22H25N5O3/c1-16(2)17-3-5-18(6-4-17)22(28)25-11-9-24(10-12-25)15-26-21-13-20(27(29)30)8-7-19(21)14-23-26/h3-8,13-14,16H,9-12,15H2,1-2H3. The number of hydrogen-bond acceptors (Lipinski definition) is 5. The maximum absolute atomic E-state index is 12.8. The fraction of sp³-hybridized carbons (Fsp3) is 0.364. The monoisotopic (exact) mass is 407 g/mol. The number of amides is 1. The molecule has 8 nitrogen and oxygen atoms in total. The van der Waals surface area contributed by atoms with Crippen LogP contribution in [-0.4, -0.2) is 56.6 Å². The van der Waals surface area contributed by atoms with Gasteiger partial charge in [-0.05, 0) is 29.7 Å². The summed E-state index contributed by atoms with van der Waals surface area (Å²) in [6.45, 7) is 7.55. The predicted molar refractivity (Wildman–Crippen MR) is 114 cm³/mol. The molecule has 156 valence electrons. The van der Waals surface area contributed by atoms with Crippen molar-refractivity contribution < 1.29 is 9.72 Å². The van der Waals surface area contributed by atoms with E-state index in [2.05, 4.69) is 23.8 Å². The number of carbonyl (C=O) groups excluding carboxylic acids is 1. The van der Waals surface area contributed by atoms with E-state index in [1.807, 2.05) is 29.2 Å². The van der Waals surface area contributed by atoms with Crippen LogP contribution >= 0.6 is 0 Å². The molecule has 0 radical (unpaired) electrons. The smallest absolute Gasteiger partial charge is 0.271 e. The highest BCUT2D eigenvalue weighted by Gasteiger charge is 2.23. The van der Waals surface area contributed by atoms with Gasteiger partial charge < -0.3 is 4.90 Å².